The molecule has 1 amide bonds. The van der Waals surface area contributed by atoms with Gasteiger partial charge in [-0.1, -0.05) is 0 Å². The smallest absolute Gasteiger partial charge is 0.385 e. The number of nitrogens with zero attached hydrogens (tertiary/aromatic N) is 2. The minimum Gasteiger partial charge on any atom is -0.385 e. The molecule has 6 nitrogen and oxygen atoms in total. The van der Waals surface area contributed by atoms with Crippen LogP contribution in [0.4, 0.5) is 18.9 Å². The standard InChI is InChI=1S/C18H21F3N4O2.ClH/c1-27-11-8-17(7-10-22-12-17)16(26)24-13-2-4-14(5-3-13)25-15(6-9-23-25)18(19,20)21;/h2-6,9,22H,7-8,10-12H2,1H3,(H,24,26);1H. The van der Waals surface area contributed by atoms with Gasteiger partial charge in [-0.3, -0.25) is 4.79 Å². The molecule has 10 heteroatoms. The number of benzene rings is 1. The van der Waals surface area contributed by atoms with E-state index in [0.29, 0.717) is 31.7 Å². The van der Waals surface area contributed by atoms with Gasteiger partial charge >= 0.3 is 6.18 Å². The van der Waals surface area contributed by atoms with E-state index >= 15 is 0 Å². The molecule has 1 aromatic heterocycles. The van der Waals surface area contributed by atoms with Crippen LogP contribution in [0.5, 0.6) is 0 Å². The molecule has 0 spiro atoms. The lowest BCUT2D eigenvalue weighted by Crippen LogP contribution is -2.39. The highest BCUT2D eigenvalue weighted by Gasteiger charge is 2.41. The summed E-state index contributed by atoms with van der Waals surface area (Å²) in [6.45, 7) is 1.81. The largest absolute Gasteiger partial charge is 0.433 e. The molecule has 1 aliphatic heterocycles. The van der Waals surface area contributed by atoms with E-state index in [0.717, 1.165) is 23.5 Å². The van der Waals surface area contributed by atoms with E-state index in [1.165, 1.54) is 12.1 Å². The Labute approximate surface area is 166 Å². The molecular weight excluding hydrogens is 397 g/mol. The number of carbonyl (C=O) groups is 1. The van der Waals surface area contributed by atoms with Crippen molar-refractivity contribution >= 4 is 24.0 Å². The first-order valence-corrected chi connectivity index (χ1v) is 8.58. The van der Waals surface area contributed by atoms with E-state index in [9.17, 15) is 18.0 Å². The molecule has 2 N–H and O–H groups in total. The lowest BCUT2D eigenvalue weighted by molar-refractivity contribution is -0.142. The van der Waals surface area contributed by atoms with E-state index in [4.69, 9.17) is 4.74 Å². The topological polar surface area (TPSA) is 68.2 Å². The van der Waals surface area contributed by atoms with Gasteiger partial charge in [0.1, 0.15) is 5.69 Å². The minimum absolute atomic E-state index is 0. The predicted octanol–water partition coefficient (Wildman–Crippen LogP) is 3.27. The Balaban J connectivity index is 0.00000280. The fraction of sp³-hybridized carbons (Fsp3) is 0.444. The highest BCUT2D eigenvalue weighted by Crippen LogP contribution is 2.32. The van der Waals surface area contributed by atoms with Crippen molar-refractivity contribution in [1.29, 1.82) is 0 Å². The lowest BCUT2D eigenvalue weighted by atomic mass is 9.82. The maximum atomic E-state index is 13.0. The fourth-order valence-corrected chi connectivity index (χ4v) is 3.24. The molecule has 1 fully saturated rings. The van der Waals surface area contributed by atoms with Crippen LogP contribution in [0.15, 0.2) is 36.5 Å². The first-order valence-electron chi connectivity index (χ1n) is 8.58. The van der Waals surface area contributed by atoms with Crippen LogP contribution in [0.1, 0.15) is 18.5 Å². The average molecular weight is 419 g/mol. The van der Waals surface area contributed by atoms with E-state index < -0.39 is 17.3 Å². The molecule has 0 saturated carbocycles. The zero-order chi connectivity index (χ0) is 19.5. The third-order valence-electron chi connectivity index (χ3n) is 4.81. The fourth-order valence-electron chi connectivity index (χ4n) is 3.24. The maximum Gasteiger partial charge on any atom is 0.433 e. The van der Waals surface area contributed by atoms with Gasteiger partial charge in [-0.05, 0) is 49.7 Å². The molecule has 1 aromatic carbocycles. The van der Waals surface area contributed by atoms with Gasteiger partial charge in [-0.25, -0.2) is 4.68 Å². The van der Waals surface area contributed by atoms with Crippen molar-refractivity contribution in [2.45, 2.75) is 19.0 Å². The Morgan fingerprint density at radius 1 is 1.32 bits per heavy atom. The molecule has 0 bridgehead atoms. The number of halogens is 4. The summed E-state index contributed by atoms with van der Waals surface area (Å²) in [7, 11) is 1.59. The molecule has 1 aliphatic rings. The van der Waals surface area contributed by atoms with Gasteiger partial charge in [-0.15, -0.1) is 12.4 Å². The van der Waals surface area contributed by atoms with Gasteiger partial charge in [0.05, 0.1) is 17.3 Å². The number of hydrogen-bond donors (Lipinski definition) is 2. The Kier molecular flexibility index (Phi) is 7.08. The van der Waals surface area contributed by atoms with Gasteiger partial charge in [-0.2, -0.15) is 18.3 Å². The predicted molar refractivity (Wildman–Crippen MR) is 101 cm³/mol. The highest BCUT2D eigenvalue weighted by atomic mass is 35.5. The number of hydrogen-bond acceptors (Lipinski definition) is 4. The summed E-state index contributed by atoms with van der Waals surface area (Å²) in [4.78, 5) is 12.8. The first-order chi connectivity index (χ1) is 12.9. The van der Waals surface area contributed by atoms with Crippen LogP contribution in [-0.4, -0.2) is 42.5 Å². The summed E-state index contributed by atoms with van der Waals surface area (Å²) >= 11 is 0. The van der Waals surface area contributed by atoms with Crippen LogP contribution in [0.2, 0.25) is 0 Å². The minimum atomic E-state index is -4.49. The second-order valence-electron chi connectivity index (χ2n) is 6.58. The van der Waals surface area contributed by atoms with Gasteiger partial charge in [0.2, 0.25) is 5.91 Å². The Morgan fingerprint density at radius 3 is 2.61 bits per heavy atom. The van der Waals surface area contributed by atoms with Crippen molar-refractivity contribution in [3.8, 4) is 5.69 Å². The highest BCUT2D eigenvalue weighted by molar-refractivity contribution is 5.95. The SMILES string of the molecule is COCCC1(C(=O)Nc2ccc(-n3nccc3C(F)(F)F)cc2)CCNC1.Cl. The molecule has 28 heavy (non-hydrogen) atoms. The summed E-state index contributed by atoms with van der Waals surface area (Å²) in [5.74, 6) is -0.118. The third-order valence-corrected chi connectivity index (χ3v) is 4.81. The van der Waals surface area contributed by atoms with Gasteiger partial charge in [0.25, 0.3) is 0 Å². The molecule has 0 radical (unpaired) electrons. The number of ether oxygens (including phenoxy) is 1. The van der Waals surface area contributed by atoms with Crippen LogP contribution in [-0.2, 0) is 15.7 Å². The van der Waals surface area contributed by atoms with Gasteiger partial charge in [0.15, 0.2) is 0 Å². The van der Waals surface area contributed by atoms with Crippen molar-refractivity contribution < 1.29 is 22.7 Å². The zero-order valence-corrected chi connectivity index (χ0v) is 16.1. The second kappa shape index (κ2) is 8.93. The zero-order valence-electron chi connectivity index (χ0n) is 15.3. The van der Waals surface area contributed by atoms with Gasteiger partial charge in [0, 0.05) is 25.9 Å². The number of amides is 1. The van der Waals surface area contributed by atoms with Crippen molar-refractivity contribution in [3.63, 3.8) is 0 Å². The summed E-state index contributed by atoms with van der Waals surface area (Å²) in [5.41, 5.74) is -0.606. The quantitative estimate of drug-likeness (QED) is 0.755. The Hall–Kier alpha value is -2.10. The van der Waals surface area contributed by atoms with Crippen LogP contribution in [0.25, 0.3) is 5.69 Å². The van der Waals surface area contributed by atoms with Crippen molar-refractivity contribution in [3.05, 3.63) is 42.2 Å². The third kappa shape index (κ3) is 4.65. The molecule has 1 saturated heterocycles. The Morgan fingerprint density at radius 2 is 2.04 bits per heavy atom. The molecule has 154 valence electrons. The number of methoxy groups -OCH3 is 1. The molecule has 0 aliphatic carbocycles. The van der Waals surface area contributed by atoms with E-state index in [-0.39, 0.29) is 24.0 Å². The monoisotopic (exact) mass is 418 g/mol. The van der Waals surface area contributed by atoms with Crippen LogP contribution < -0.4 is 10.6 Å². The molecule has 1 atom stereocenters. The number of alkyl halides is 3. The summed E-state index contributed by atoms with van der Waals surface area (Å²) in [6.07, 6.45) is -2.08. The maximum absolute atomic E-state index is 13.0. The lowest BCUT2D eigenvalue weighted by Gasteiger charge is -2.26. The first kappa shape index (κ1) is 22.2. The normalized spacial score (nSPS) is 19.3. The number of anilines is 1. The molecule has 2 heterocycles. The van der Waals surface area contributed by atoms with E-state index in [1.807, 2.05) is 0 Å². The molecular formula is C18H22ClF3N4O2. The second-order valence-corrected chi connectivity index (χ2v) is 6.58. The van der Waals surface area contributed by atoms with Crippen molar-refractivity contribution in [2.75, 3.05) is 32.1 Å². The van der Waals surface area contributed by atoms with Crippen LogP contribution in [0.3, 0.4) is 0 Å². The number of nitrogens with one attached hydrogen (secondary N) is 2. The average Bonchev–Trinajstić information content (AvgIpc) is 3.30. The summed E-state index contributed by atoms with van der Waals surface area (Å²) in [5, 5.41) is 9.81. The molecule has 2 aromatic rings. The Bertz CT molecular complexity index is 787. The number of carbonyl (C=O) groups excluding carboxylic acids is 1. The number of rotatable bonds is 6. The molecule has 3 rings (SSSR count). The van der Waals surface area contributed by atoms with E-state index in [1.54, 1.807) is 19.2 Å². The summed E-state index contributed by atoms with van der Waals surface area (Å²) < 4.78 is 44.9. The van der Waals surface area contributed by atoms with Crippen molar-refractivity contribution in [2.24, 2.45) is 5.41 Å². The molecule has 1 unspecified atom stereocenters. The summed E-state index contributed by atoms with van der Waals surface area (Å²) in [6, 6.07) is 7.05. The van der Waals surface area contributed by atoms with Crippen LogP contribution >= 0.6 is 12.4 Å². The van der Waals surface area contributed by atoms with Crippen LogP contribution in [0, 0.1) is 5.41 Å². The van der Waals surface area contributed by atoms with E-state index in [2.05, 4.69) is 15.7 Å². The number of aromatic nitrogens is 2. The van der Waals surface area contributed by atoms with Crippen molar-refractivity contribution in [1.82, 2.24) is 15.1 Å². The van der Waals surface area contributed by atoms with Gasteiger partial charge < -0.3 is 15.4 Å².